The Morgan fingerprint density at radius 3 is 2.73 bits per heavy atom. The number of likely N-dealkylation sites (tertiary alicyclic amines) is 1. The van der Waals surface area contributed by atoms with Gasteiger partial charge in [0.15, 0.2) is 11.7 Å². The Morgan fingerprint density at radius 2 is 2.04 bits per heavy atom. The number of hydrogen-bond acceptors (Lipinski definition) is 4. The molecule has 0 unspecified atom stereocenters. The van der Waals surface area contributed by atoms with Crippen molar-refractivity contribution in [2.45, 2.75) is 32.9 Å². The highest BCUT2D eigenvalue weighted by molar-refractivity contribution is 6.35. The van der Waals surface area contributed by atoms with Crippen LogP contribution in [0.15, 0.2) is 30.5 Å². The van der Waals surface area contributed by atoms with Gasteiger partial charge in [0, 0.05) is 23.7 Å². The molecule has 2 heterocycles. The third-order valence-corrected chi connectivity index (χ3v) is 4.44. The van der Waals surface area contributed by atoms with Crippen LogP contribution in [0.4, 0.5) is 0 Å². The van der Waals surface area contributed by atoms with Crippen LogP contribution in [0.3, 0.4) is 0 Å². The molecule has 26 heavy (non-hydrogen) atoms. The molecule has 7 heteroatoms. The summed E-state index contributed by atoms with van der Waals surface area (Å²) in [5.41, 5.74) is 1.04. The van der Waals surface area contributed by atoms with Crippen molar-refractivity contribution in [3.63, 3.8) is 0 Å². The van der Waals surface area contributed by atoms with Crippen molar-refractivity contribution in [2.75, 3.05) is 6.54 Å². The number of carbonyl (C=O) groups is 3. The topological polar surface area (TPSA) is 79.4 Å². The summed E-state index contributed by atoms with van der Waals surface area (Å²) in [6, 6.07) is 7.23. The van der Waals surface area contributed by atoms with Crippen molar-refractivity contribution in [1.29, 1.82) is 0 Å². The predicted octanol–water partition coefficient (Wildman–Crippen LogP) is 2.33. The van der Waals surface area contributed by atoms with E-state index in [-0.39, 0.29) is 18.9 Å². The molecule has 1 N–H and O–H groups in total. The van der Waals surface area contributed by atoms with Gasteiger partial charge in [0.1, 0.15) is 0 Å². The lowest BCUT2D eigenvalue weighted by atomic mass is 10.0. The molecule has 1 atom stereocenters. The first-order valence-corrected chi connectivity index (χ1v) is 8.70. The number of carbonyl (C=O) groups excluding carboxylic acids is 3. The van der Waals surface area contributed by atoms with E-state index in [1.807, 2.05) is 18.2 Å². The van der Waals surface area contributed by atoms with E-state index in [4.69, 9.17) is 11.6 Å². The fourth-order valence-corrected chi connectivity index (χ4v) is 3.21. The molecule has 3 rings (SSSR count). The molecule has 0 aliphatic carbocycles. The molecule has 1 aromatic carbocycles. The van der Waals surface area contributed by atoms with E-state index in [1.54, 1.807) is 33.0 Å². The molecule has 2 aromatic rings. The Bertz CT molecular complexity index is 905. The standard InChI is InChI=1S/C19H20ClN3O3/c1-19(2,3)22-17(25)16-15(24)10-23(18(16)26)9-11-4-5-12-13(20)6-7-21-14(12)8-11/h4-8,16H,9-10H2,1-3H3,(H,22,25)/t16-/m1/s1. The molecule has 0 saturated carbocycles. The van der Waals surface area contributed by atoms with E-state index >= 15 is 0 Å². The van der Waals surface area contributed by atoms with Gasteiger partial charge < -0.3 is 10.2 Å². The summed E-state index contributed by atoms with van der Waals surface area (Å²) in [6.45, 7) is 5.59. The lowest BCUT2D eigenvalue weighted by Crippen LogP contribution is -2.47. The Hall–Kier alpha value is -2.47. The number of amides is 2. The van der Waals surface area contributed by atoms with Crippen molar-refractivity contribution in [1.82, 2.24) is 15.2 Å². The SMILES string of the molecule is CC(C)(C)NC(=O)[C@H]1C(=O)CN(Cc2ccc3c(Cl)ccnc3c2)C1=O. The molecule has 136 valence electrons. The molecule has 1 aromatic heterocycles. The lowest BCUT2D eigenvalue weighted by molar-refractivity contribution is -0.140. The molecule has 1 aliphatic heterocycles. The van der Waals surface area contributed by atoms with E-state index in [9.17, 15) is 14.4 Å². The first-order valence-electron chi connectivity index (χ1n) is 8.32. The summed E-state index contributed by atoms with van der Waals surface area (Å²) in [4.78, 5) is 42.8. The average Bonchev–Trinajstić information content (AvgIpc) is 2.80. The fraction of sp³-hybridized carbons (Fsp3) is 0.368. The van der Waals surface area contributed by atoms with Gasteiger partial charge in [0.05, 0.1) is 17.1 Å². The zero-order valence-corrected chi connectivity index (χ0v) is 15.6. The van der Waals surface area contributed by atoms with Crippen LogP contribution in [0.1, 0.15) is 26.3 Å². The number of halogens is 1. The maximum atomic E-state index is 12.6. The summed E-state index contributed by atoms with van der Waals surface area (Å²) in [5.74, 6) is -2.64. The summed E-state index contributed by atoms with van der Waals surface area (Å²) < 4.78 is 0. The van der Waals surface area contributed by atoms with Gasteiger partial charge in [-0.3, -0.25) is 19.4 Å². The third-order valence-electron chi connectivity index (χ3n) is 4.12. The average molecular weight is 374 g/mol. The number of Topliss-reactive ketones (excluding diaryl/α,β-unsaturated/α-hetero) is 1. The largest absolute Gasteiger partial charge is 0.350 e. The van der Waals surface area contributed by atoms with Crippen molar-refractivity contribution < 1.29 is 14.4 Å². The minimum Gasteiger partial charge on any atom is -0.350 e. The van der Waals surface area contributed by atoms with Crippen LogP contribution in [0.25, 0.3) is 10.9 Å². The van der Waals surface area contributed by atoms with Crippen LogP contribution >= 0.6 is 11.6 Å². The predicted molar refractivity (Wildman–Crippen MR) is 98.6 cm³/mol. The van der Waals surface area contributed by atoms with Crippen LogP contribution in [-0.2, 0) is 20.9 Å². The smallest absolute Gasteiger partial charge is 0.243 e. The van der Waals surface area contributed by atoms with E-state index in [1.165, 1.54) is 4.90 Å². The van der Waals surface area contributed by atoms with Crippen molar-refractivity contribution >= 4 is 40.1 Å². The zero-order valence-electron chi connectivity index (χ0n) is 14.9. The number of nitrogens with zero attached hydrogens (tertiary/aromatic N) is 2. The molecule has 0 bridgehead atoms. The van der Waals surface area contributed by atoms with Gasteiger partial charge in [-0.15, -0.1) is 0 Å². The molecule has 2 amide bonds. The summed E-state index contributed by atoms with van der Waals surface area (Å²) in [6.07, 6.45) is 1.62. The summed E-state index contributed by atoms with van der Waals surface area (Å²) in [7, 11) is 0. The molecule has 1 aliphatic rings. The Kier molecular flexibility index (Phi) is 4.71. The van der Waals surface area contributed by atoms with Gasteiger partial charge >= 0.3 is 0 Å². The van der Waals surface area contributed by atoms with E-state index in [0.29, 0.717) is 5.02 Å². The third kappa shape index (κ3) is 3.70. The van der Waals surface area contributed by atoms with E-state index in [2.05, 4.69) is 10.3 Å². The number of aromatic nitrogens is 1. The number of hydrogen-bond donors (Lipinski definition) is 1. The molecule has 1 fully saturated rings. The van der Waals surface area contributed by atoms with Crippen LogP contribution in [0.5, 0.6) is 0 Å². The highest BCUT2D eigenvalue weighted by Crippen LogP contribution is 2.24. The molecular weight excluding hydrogens is 354 g/mol. The number of rotatable bonds is 3. The fourth-order valence-electron chi connectivity index (χ4n) is 2.99. The lowest BCUT2D eigenvalue weighted by Gasteiger charge is -2.22. The van der Waals surface area contributed by atoms with E-state index < -0.39 is 23.3 Å². The van der Waals surface area contributed by atoms with Gasteiger partial charge in [0.25, 0.3) is 0 Å². The maximum Gasteiger partial charge on any atom is 0.243 e. The second-order valence-electron chi connectivity index (χ2n) is 7.48. The molecule has 0 radical (unpaired) electrons. The molecule has 1 saturated heterocycles. The van der Waals surface area contributed by atoms with Gasteiger partial charge in [0.2, 0.25) is 11.8 Å². The molecular formula is C19H20ClN3O3. The van der Waals surface area contributed by atoms with Gasteiger partial charge in [-0.25, -0.2) is 0 Å². The Balaban J connectivity index is 1.78. The van der Waals surface area contributed by atoms with Crippen molar-refractivity contribution in [3.8, 4) is 0 Å². The Morgan fingerprint density at radius 1 is 1.31 bits per heavy atom. The number of nitrogens with one attached hydrogen (secondary N) is 1. The van der Waals surface area contributed by atoms with Crippen molar-refractivity contribution in [2.24, 2.45) is 5.92 Å². The van der Waals surface area contributed by atoms with Crippen LogP contribution in [0.2, 0.25) is 5.02 Å². The maximum absolute atomic E-state index is 12.6. The zero-order chi connectivity index (χ0) is 19.1. The molecule has 0 spiro atoms. The minimum atomic E-state index is -1.26. The highest BCUT2D eigenvalue weighted by Gasteiger charge is 2.44. The second-order valence-corrected chi connectivity index (χ2v) is 7.88. The van der Waals surface area contributed by atoms with Crippen LogP contribution < -0.4 is 5.32 Å². The number of benzene rings is 1. The number of ketones is 1. The quantitative estimate of drug-likeness (QED) is 0.837. The minimum absolute atomic E-state index is 0.0674. The van der Waals surface area contributed by atoms with Crippen molar-refractivity contribution in [3.05, 3.63) is 41.0 Å². The first-order chi connectivity index (χ1) is 12.2. The van der Waals surface area contributed by atoms with E-state index in [0.717, 1.165) is 16.5 Å². The monoisotopic (exact) mass is 373 g/mol. The van der Waals surface area contributed by atoms with Crippen LogP contribution in [0, 0.1) is 5.92 Å². The number of pyridine rings is 1. The Labute approximate surface area is 156 Å². The number of fused-ring (bicyclic) bond motifs is 1. The van der Waals surface area contributed by atoms with Gasteiger partial charge in [-0.05, 0) is 38.5 Å². The summed E-state index contributed by atoms with van der Waals surface area (Å²) >= 11 is 6.14. The highest BCUT2D eigenvalue weighted by atomic mass is 35.5. The van der Waals surface area contributed by atoms with Gasteiger partial charge in [-0.1, -0.05) is 23.7 Å². The normalized spacial score (nSPS) is 17.8. The van der Waals surface area contributed by atoms with Gasteiger partial charge in [-0.2, -0.15) is 0 Å². The van der Waals surface area contributed by atoms with Crippen LogP contribution in [-0.4, -0.2) is 39.6 Å². The second kappa shape index (κ2) is 6.68. The first kappa shape index (κ1) is 18.3. The molecule has 6 nitrogen and oxygen atoms in total. The summed E-state index contributed by atoms with van der Waals surface area (Å²) in [5, 5.41) is 4.13.